The zero-order chi connectivity index (χ0) is 13.7. The van der Waals surface area contributed by atoms with E-state index in [0.29, 0.717) is 17.2 Å². The smallest absolute Gasteiger partial charge is 0.328 e. The number of rotatable bonds is 4. The fourth-order valence-corrected chi connectivity index (χ4v) is 1.34. The summed E-state index contributed by atoms with van der Waals surface area (Å²) < 4.78 is 18.1. The fraction of sp³-hybridized carbons (Fsp3) is 0. The molecule has 0 amide bonds. The summed E-state index contributed by atoms with van der Waals surface area (Å²) in [5, 5.41) is 8.48. The highest BCUT2D eigenvalue weighted by Crippen LogP contribution is 2.19. The number of nitrogens with zero attached hydrogens (tertiary/aromatic N) is 1. The molecule has 0 bridgehead atoms. The molecule has 0 unspecified atom stereocenters. The SMILES string of the molecule is O=C(O)/C=C/c1ccc(Oc2ccc(F)cc2)nc1. The maximum Gasteiger partial charge on any atom is 0.328 e. The minimum atomic E-state index is -1.02. The molecular weight excluding hydrogens is 249 g/mol. The second-order valence-corrected chi connectivity index (χ2v) is 3.66. The van der Waals surface area contributed by atoms with Crippen LogP contribution in [-0.2, 0) is 4.79 Å². The van der Waals surface area contributed by atoms with Crippen LogP contribution in [-0.4, -0.2) is 16.1 Å². The molecule has 0 aliphatic carbocycles. The Hall–Kier alpha value is -2.69. The number of hydrogen-bond acceptors (Lipinski definition) is 3. The molecule has 96 valence electrons. The zero-order valence-corrected chi connectivity index (χ0v) is 9.79. The van der Waals surface area contributed by atoms with Crippen molar-refractivity contribution in [3.63, 3.8) is 0 Å². The van der Waals surface area contributed by atoms with Crippen LogP contribution in [0, 0.1) is 5.82 Å². The maximum absolute atomic E-state index is 12.7. The number of carbonyl (C=O) groups is 1. The third-order valence-corrected chi connectivity index (χ3v) is 2.21. The van der Waals surface area contributed by atoms with Gasteiger partial charge in [-0.3, -0.25) is 0 Å². The number of benzene rings is 1. The molecule has 4 nitrogen and oxygen atoms in total. The highest BCUT2D eigenvalue weighted by molar-refractivity contribution is 5.85. The van der Waals surface area contributed by atoms with E-state index in [1.807, 2.05) is 0 Å². The van der Waals surface area contributed by atoms with Gasteiger partial charge in [0, 0.05) is 18.3 Å². The van der Waals surface area contributed by atoms with Crippen LogP contribution in [0.4, 0.5) is 4.39 Å². The van der Waals surface area contributed by atoms with Crippen LogP contribution in [0.2, 0.25) is 0 Å². The Morgan fingerprint density at radius 2 is 1.95 bits per heavy atom. The van der Waals surface area contributed by atoms with Crippen molar-refractivity contribution in [2.75, 3.05) is 0 Å². The van der Waals surface area contributed by atoms with E-state index in [1.54, 1.807) is 12.1 Å². The molecule has 0 saturated heterocycles. The molecule has 0 atom stereocenters. The Morgan fingerprint density at radius 1 is 1.21 bits per heavy atom. The topological polar surface area (TPSA) is 59.4 Å². The first-order chi connectivity index (χ1) is 9.13. The molecule has 1 heterocycles. The third kappa shape index (κ3) is 3.92. The lowest BCUT2D eigenvalue weighted by Crippen LogP contribution is -1.89. The second-order valence-electron chi connectivity index (χ2n) is 3.66. The molecule has 0 fully saturated rings. The Morgan fingerprint density at radius 3 is 2.53 bits per heavy atom. The Kier molecular flexibility index (Phi) is 3.87. The quantitative estimate of drug-likeness (QED) is 0.857. The van der Waals surface area contributed by atoms with Crippen molar-refractivity contribution in [2.24, 2.45) is 0 Å². The highest BCUT2D eigenvalue weighted by atomic mass is 19.1. The monoisotopic (exact) mass is 259 g/mol. The van der Waals surface area contributed by atoms with E-state index in [2.05, 4.69) is 4.98 Å². The number of pyridine rings is 1. The minimum absolute atomic E-state index is 0.338. The Bertz CT molecular complexity index is 591. The lowest BCUT2D eigenvalue weighted by atomic mass is 10.2. The number of carboxylic acids is 1. The van der Waals surface area contributed by atoms with Gasteiger partial charge in [0.25, 0.3) is 0 Å². The maximum atomic E-state index is 12.7. The standard InChI is InChI=1S/C14H10FNO3/c15-11-3-5-12(6-4-11)19-13-7-1-10(9-16-13)2-8-14(17)18/h1-9H,(H,17,18)/b8-2+. The summed E-state index contributed by atoms with van der Waals surface area (Å²) in [7, 11) is 0. The van der Waals surface area contributed by atoms with Crippen molar-refractivity contribution in [3.8, 4) is 11.6 Å². The van der Waals surface area contributed by atoms with Crippen LogP contribution in [0.15, 0.2) is 48.7 Å². The van der Waals surface area contributed by atoms with Gasteiger partial charge in [-0.15, -0.1) is 0 Å². The second kappa shape index (κ2) is 5.77. The summed E-state index contributed by atoms with van der Waals surface area (Å²) >= 11 is 0. The first-order valence-corrected chi connectivity index (χ1v) is 5.44. The largest absolute Gasteiger partial charge is 0.478 e. The summed E-state index contributed by atoms with van der Waals surface area (Å²) in [6, 6.07) is 8.85. The van der Waals surface area contributed by atoms with Crippen molar-refractivity contribution in [1.29, 1.82) is 0 Å². The van der Waals surface area contributed by atoms with Crippen molar-refractivity contribution in [2.45, 2.75) is 0 Å². The Balaban J connectivity index is 2.06. The van der Waals surface area contributed by atoms with Crippen LogP contribution in [0.3, 0.4) is 0 Å². The lowest BCUT2D eigenvalue weighted by Gasteiger charge is -2.04. The third-order valence-electron chi connectivity index (χ3n) is 2.21. The molecule has 0 saturated carbocycles. The highest BCUT2D eigenvalue weighted by Gasteiger charge is 1.99. The van der Waals surface area contributed by atoms with Gasteiger partial charge in [-0.25, -0.2) is 14.2 Å². The van der Waals surface area contributed by atoms with Crippen LogP contribution < -0.4 is 4.74 Å². The van der Waals surface area contributed by atoms with Gasteiger partial charge in [-0.2, -0.15) is 0 Å². The average Bonchev–Trinajstić information content (AvgIpc) is 2.40. The molecule has 19 heavy (non-hydrogen) atoms. The zero-order valence-electron chi connectivity index (χ0n) is 9.79. The van der Waals surface area contributed by atoms with Crippen molar-refractivity contribution in [3.05, 3.63) is 60.1 Å². The number of aromatic nitrogens is 1. The minimum Gasteiger partial charge on any atom is -0.478 e. The summed E-state index contributed by atoms with van der Waals surface area (Å²) in [6.07, 6.45) is 3.94. The van der Waals surface area contributed by atoms with Crippen LogP contribution in [0.25, 0.3) is 6.08 Å². The lowest BCUT2D eigenvalue weighted by molar-refractivity contribution is -0.131. The number of hydrogen-bond donors (Lipinski definition) is 1. The number of ether oxygens (including phenoxy) is 1. The molecule has 0 aliphatic rings. The normalized spacial score (nSPS) is 10.6. The van der Waals surface area contributed by atoms with Gasteiger partial charge in [-0.05, 0) is 42.0 Å². The molecule has 0 radical (unpaired) electrons. The van der Waals surface area contributed by atoms with Crippen LogP contribution >= 0.6 is 0 Å². The number of aliphatic carboxylic acids is 1. The van der Waals surface area contributed by atoms with E-state index >= 15 is 0 Å². The molecule has 0 spiro atoms. The van der Waals surface area contributed by atoms with E-state index in [9.17, 15) is 9.18 Å². The average molecular weight is 259 g/mol. The van der Waals surface area contributed by atoms with Gasteiger partial charge in [0.1, 0.15) is 11.6 Å². The van der Waals surface area contributed by atoms with Gasteiger partial charge in [0.15, 0.2) is 0 Å². The van der Waals surface area contributed by atoms with Gasteiger partial charge >= 0.3 is 5.97 Å². The van der Waals surface area contributed by atoms with Crippen molar-refractivity contribution in [1.82, 2.24) is 4.98 Å². The summed E-state index contributed by atoms with van der Waals surface area (Å²) in [6.45, 7) is 0. The molecular formula is C14H10FNO3. The molecule has 2 rings (SSSR count). The predicted octanol–water partition coefficient (Wildman–Crippen LogP) is 3.11. The number of carboxylic acid groups (broad SMARTS) is 1. The first kappa shape index (κ1) is 12.8. The molecule has 2 aromatic rings. The van der Waals surface area contributed by atoms with Crippen LogP contribution in [0.1, 0.15) is 5.56 Å². The first-order valence-electron chi connectivity index (χ1n) is 5.44. The van der Waals surface area contributed by atoms with Gasteiger partial charge in [-0.1, -0.05) is 0 Å². The van der Waals surface area contributed by atoms with Crippen molar-refractivity contribution >= 4 is 12.0 Å². The molecule has 1 aromatic heterocycles. The summed E-state index contributed by atoms with van der Waals surface area (Å²) in [4.78, 5) is 14.4. The molecule has 0 aliphatic heterocycles. The van der Waals surface area contributed by atoms with Gasteiger partial charge in [0.05, 0.1) is 0 Å². The summed E-state index contributed by atoms with van der Waals surface area (Å²) in [5.74, 6) is -0.539. The molecule has 5 heteroatoms. The van der Waals surface area contributed by atoms with E-state index in [-0.39, 0.29) is 5.82 Å². The molecule has 1 N–H and O–H groups in total. The number of halogens is 1. The van der Waals surface area contributed by atoms with Gasteiger partial charge in [0.2, 0.25) is 5.88 Å². The van der Waals surface area contributed by atoms with Crippen LogP contribution in [0.5, 0.6) is 11.6 Å². The van der Waals surface area contributed by atoms with E-state index in [1.165, 1.54) is 36.5 Å². The van der Waals surface area contributed by atoms with Gasteiger partial charge < -0.3 is 9.84 Å². The van der Waals surface area contributed by atoms with E-state index in [4.69, 9.17) is 9.84 Å². The van der Waals surface area contributed by atoms with E-state index < -0.39 is 5.97 Å². The fourth-order valence-electron chi connectivity index (χ4n) is 1.34. The van der Waals surface area contributed by atoms with E-state index in [0.717, 1.165) is 6.08 Å². The summed E-state index contributed by atoms with van der Waals surface area (Å²) in [5.41, 5.74) is 0.647. The Labute approximate surface area is 108 Å². The molecule has 1 aromatic carbocycles. The van der Waals surface area contributed by atoms with Crippen molar-refractivity contribution < 1.29 is 19.0 Å². The predicted molar refractivity (Wildman–Crippen MR) is 67.4 cm³/mol.